The number of H-pyrrole nitrogens is 1. The monoisotopic (exact) mass is 311 g/mol. The molecule has 2 heterocycles. The molecule has 3 nitrogen and oxygen atoms in total. The van der Waals surface area contributed by atoms with Crippen LogP contribution in [0.2, 0.25) is 0 Å². The second kappa shape index (κ2) is 6.88. The van der Waals surface area contributed by atoms with Crippen LogP contribution in [-0.4, -0.2) is 28.2 Å². The van der Waals surface area contributed by atoms with Gasteiger partial charge in [0, 0.05) is 24.7 Å². The second-order valence-corrected chi connectivity index (χ2v) is 7.40. The Morgan fingerprint density at radius 2 is 2.13 bits per heavy atom. The third kappa shape index (κ3) is 3.66. The lowest BCUT2D eigenvalue weighted by Gasteiger charge is -2.33. The maximum Gasteiger partial charge on any atom is 0.0524 e. The standard InChI is InChI=1S/C20H29N3/c1-14(2)19-11-21-22-20(19)18-6-5-9-23(13-18)12-17-8-7-15(3)10-16(17)4/h7-8,10-11,14,18H,5-6,9,12-13H2,1-4H3,(H,21,22). The maximum atomic E-state index is 4.31. The molecule has 1 aliphatic heterocycles. The van der Waals surface area contributed by atoms with E-state index in [1.165, 1.54) is 47.3 Å². The van der Waals surface area contributed by atoms with E-state index in [9.17, 15) is 0 Å². The Morgan fingerprint density at radius 1 is 1.30 bits per heavy atom. The first-order valence-electron chi connectivity index (χ1n) is 8.86. The van der Waals surface area contributed by atoms with Gasteiger partial charge in [-0.05, 0) is 55.8 Å². The fourth-order valence-electron chi connectivity index (χ4n) is 3.79. The molecule has 1 fully saturated rings. The van der Waals surface area contributed by atoms with Gasteiger partial charge in [0.1, 0.15) is 0 Å². The highest BCUT2D eigenvalue weighted by atomic mass is 15.2. The van der Waals surface area contributed by atoms with Crippen molar-refractivity contribution in [1.29, 1.82) is 0 Å². The summed E-state index contributed by atoms with van der Waals surface area (Å²) in [6.07, 6.45) is 4.56. The minimum atomic E-state index is 0.540. The molecule has 0 amide bonds. The molecule has 0 spiro atoms. The normalized spacial score (nSPS) is 19.4. The van der Waals surface area contributed by atoms with Crippen LogP contribution in [0.1, 0.15) is 66.5 Å². The Balaban J connectivity index is 1.72. The lowest BCUT2D eigenvalue weighted by Crippen LogP contribution is -2.34. The molecule has 3 rings (SSSR count). The van der Waals surface area contributed by atoms with Crippen LogP contribution in [0.5, 0.6) is 0 Å². The summed E-state index contributed by atoms with van der Waals surface area (Å²) in [4.78, 5) is 2.61. The van der Waals surface area contributed by atoms with Gasteiger partial charge in [0.15, 0.2) is 0 Å². The van der Waals surface area contributed by atoms with Gasteiger partial charge in [0.05, 0.1) is 6.20 Å². The molecule has 0 radical (unpaired) electrons. The zero-order chi connectivity index (χ0) is 16.4. The number of likely N-dealkylation sites (tertiary alicyclic amines) is 1. The number of aromatic amines is 1. The minimum Gasteiger partial charge on any atom is -0.298 e. The first-order valence-corrected chi connectivity index (χ1v) is 8.86. The number of hydrogen-bond acceptors (Lipinski definition) is 2. The summed E-state index contributed by atoms with van der Waals surface area (Å²) in [6, 6.07) is 6.82. The highest BCUT2D eigenvalue weighted by Gasteiger charge is 2.25. The third-order valence-corrected chi connectivity index (χ3v) is 5.13. The summed E-state index contributed by atoms with van der Waals surface area (Å²) in [6.45, 7) is 12.3. The van der Waals surface area contributed by atoms with E-state index in [1.807, 2.05) is 6.20 Å². The number of nitrogens with one attached hydrogen (secondary N) is 1. The molecule has 124 valence electrons. The van der Waals surface area contributed by atoms with Gasteiger partial charge in [-0.15, -0.1) is 0 Å². The SMILES string of the molecule is Cc1ccc(CN2CCCC(c3[nH]ncc3C(C)C)C2)c(C)c1. The van der Waals surface area contributed by atoms with Crippen LogP contribution in [0.15, 0.2) is 24.4 Å². The van der Waals surface area contributed by atoms with Crippen LogP contribution < -0.4 is 0 Å². The van der Waals surface area contributed by atoms with Crippen molar-refractivity contribution in [2.24, 2.45) is 0 Å². The van der Waals surface area contributed by atoms with Crippen molar-refractivity contribution < 1.29 is 0 Å². The van der Waals surface area contributed by atoms with E-state index in [0.717, 1.165) is 13.1 Å². The van der Waals surface area contributed by atoms with E-state index in [2.05, 4.69) is 61.0 Å². The molecule has 0 aliphatic carbocycles. The Hall–Kier alpha value is -1.61. The Kier molecular flexibility index (Phi) is 4.86. The van der Waals surface area contributed by atoms with Gasteiger partial charge in [-0.25, -0.2) is 0 Å². The molecule has 2 aromatic rings. The topological polar surface area (TPSA) is 31.9 Å². The van der Waals surface area contributed by atoms with E-state index in [-0.39, 0.29) is 0 Å². The fourth-order valence-corrected chi connectivity index (χ4v) is 3.79. The zero-order valence-electron chi connectivity index (χ0n) is 14.9. The van der Waals surface area contributed by atoms with E-state index in [4.69, 9.17) is 0 Å². The van der Waals surface area contributed by atoms with Crippen molar-refractivity contribution in [2.45, 2.75) is 58.9 Å². The molecule has 0 saturated carbocycles. The number of piperidine rings is 1. The Morgan fingerprint density at radius 3 is 2.87 bits per heavy atom. The summed E-state index contributed by atoms with van der Waals surface area (Å²) in [7, 11) is 0. The van der Waals surface area contributed by atoms with Crippen LogP contribution in [0.3, 0.4) is 0 Å². The van der Waals surface area contributed by atoms with Crippen molar-refractivity contribution in [2.75, 3.05) is 13.1 Å². The summed E-state index contributed by atoms with van der Waals surface area (Å²) < 4.78 is 0. The molecule has 1 unspecified atom stereocenters. The molecule has 1 N–H and O–H groups in total. The largest absolute Gasteiger partial charge is 0.298 e. The van der Waals surface area contributed by atoms with Gasteiger partial charge in [-0.1, -0.05) is 37.6 Å². The van der Waals surface area contributed by atoms with Gasteiger partial charge in [0.25, 0.3) is 0 Å². The van der Waals surface area contributed by atoms with Crippen molar-refractivity contribution >= 4 is 0 Å². The van der Waals surface area contributed by atoms with E-state index in [1.54, 1.807) is 0 Å². The van der Waals surface area contributed by atoms with E-state index < -0.39 is 0 Å². The average molecular weight is 311 g/mol. The molecule has 1 aliphatic rings. The molecule has 3 heteroatoms. The van der Waals surface area contributed by atoms with Gasteiger partial charge in [0.2, 0.25) is 0 Å². The lowest BCUT2D eigenvalue weighted by molar-refractivity contribution is 0.197. The lowest BCUT2D eigenvalue weighted by atomic mass is 9.89. The smallest absolute Gasteiger partial charge is 0.0524 e. The van der Waals surface area contributed by atoms with Crippen molar-refractivity contribution in [1.82, 2.24) is 15.1 Å². The first-order chi connectivity index (χ1) is 11.0. The number of benzene rings is 1. The van der Waals surface area contributed by atoms with Crippen LogP contribution >= 0.6 is 0 Å². The summed E-state index contributed by atoms with van der Waals surface area (Å²) in [5.41, 5.74) is 6.98. The van der Waals surface area contributed by atoms with Gasteiger partial charge in [-0.3, -0.25) is 10.00 Å². The van der Waals surface area contributed by atoms with E-state index in [0.29, 0.717) is 11.8 Å². The summed E-state index contributed by atoms with van der Waals surface area (Å²) in [5, 5.41) is 7.59. The van der Waals surface area contributed by atoms with Crippen LogP contribution in [0.4, 0.5) is 0 Å². The highest BCUT2D eigenvalue weighted by Crippen LogP contribution is 2.31. The Labute approximate surface area is 140 Å². The molecule has 1 atom stereocenters. The van der Waals surface area contributed by atoms with Crippen LogP contribution in [0.25, 0.3) is 0 Å². The van der Waals surface area contributed by atoms with Gasteiger partial charge >= 0.3 is 0 Å². The zero-order valence-corrected chi connectivity index (χ0v) is 14.9. The van der Waals surface area contributed by atoms with E-state index >= 15 is 0 Å². The molecule has 1 saturated heterocycles. The molecule has 23 heavy (non-hydrogen) atoms. The molecule has 1 aromatic heterocycles. The average Bonchev–Trinajstić information content (AvgIpc) is 3.00. The summed E-state index contributed by atoms with van der Waals surface area (Å²) >= 11 is 0. The second-order valence-electron chi connectivity index (χ2n) is 7.40. The van der Waals surface area contributed by atoms with Gasteiger partial charge in [-0.2, -0.15) is 5.10 Å². The molecular formula is C20H29N3. The number of aryl methyl sites for hydroxylation is 2. The molecule has 1 aromatic carbocycles. The Bertz CT molecular complexity index is 657. The summed E-state index contributed by atoms with van der Waals surface area (Å²) in [5.74, 6) is 1.13. The predicted molar refractivity (Wildman–Crippen MR) is 95.8 cm³/mol. The number of nitrogens with zero attached hydrogens (tertiary/aromatic N) is 2. The fraction of sp³-hybridized carbons (Fsp3) is 0.550. The first kappa shape index (κ1) is 16.3. The number of aromatic nitrogens is 2. The van der Waals surface area contributed by atoms with Crippen molar-refractivity contribution in [3.05, 3.63) is 52.3 Å². The van der Waals surface area contributed by atoms with Crippen LogP contribution in [-0.2, 0) is 6.54 Å². The van der Waals surface area contributed by atoms with Gasteiger partial charge < -0.3 is 0 Å². The predicted octanol–water partition coefficient (Wildman–Crippen LogP) is 4.53. The van der Waals surface area contributed by atoms with Crippen molar-refractivity contribution in [3.8, 4) is 0 Å². The maximum absolute atomic E-state index is 4.31. The third-order valence-electron chi connectivity index (χ3n) is 5.13. The quantitative estimate of drug-likeness (QED) is 0.899. The van der Waals surface area contributed by atoms with Crippen LogP contribution in [0, 0.1) is 13.8 Å². The highest BCUT2D eigenvalue weighted by molar-refractivity contribution is 5.30. The molecular weight excluding hydrogens is 282 g/mol. The minimum absolute atomic E-state index is 0.540. The number of rotatable bonds is 4. The van der Waals surface area contributed by atoms with Crippen molar-refractivity contribution in [3.63, 3.8) is 0 Å². The number of hydrogen-bond donors (Lipinski definition) is 1. The molecule has 0 bridgehead atoms.